The summed E-state index contributed by atoms with van der Waals surface area (Å²) in [5, 5.41) is 15.5. The highest BCUT2D eigenvalue weighted by Gasteiger charge is 2.14. The summed E-state index contributed by atoms with van der Waals surface area (Å²) >= 11 is 18.4. The van der Waals surface area contributed by atoms with Crippen LogP contribution in [0.3, 0.4) is 0 Å². The number of fused-ring (bicyclic) bond motifs is 3. The van der Waals surface area contributed by atoms with Gasteiger partial charge in [0.2, 0.25) is 0 Å². The van der Waals surface area contributed by atoms with Gasteiger partial charge in [0.05, 0.1) is 15.6 Å². The number of nitrogens with two attached hydrogens (primary N) is 1. The molecule has 4 rings (SSSR count). The molecule has 8 heteroatoms. The smallest absolute Gasteiger partial charge is 0.185 e. The number of hydrogen-bond donors (Lipinski definition) is 5. The van der Waals surface area contributed by atoms with Crippen LogP contribution in [0.1, 0.15) is 5.56 Å². The van der Waals surface area contributed by atoms with Crippen LogP contribution >= 0.6 is 34.8 Å². The first-order chi connectivity index (χ1) is 14.9. The molecule has 1 heterocycles. The Balaban J connectivity index is 1.80. The lowest BCUT2D eigenvalue weighted by atomic mass is 10.0. The van der Waals surface area contributed by atoms with Crippen molar-refractivity contribution in [1.82, 2.24) is 10.3 Å². The maximum absolute atomic E-state index is 7.96. The number of H-pyrrole nitrogens is 1. The number of aromatic nitrogens is 1. The molecule has 4 aromatic rings. The summed E-state index contributed by atoms with van der Waals surface area (Å²) in [6.07, 6.45) is 0.453. The largest absolute Gasteiger partial charge is 0.370 e. The lowest BCUT2D eigenvalue weighted by Crippen LogP contribution is -2.31. The summed E-state index contributed by atoms with van der Waals surface area (Å²) in [5.74, 6) is -0.297. The van der Waals surface area contributed by atoms with Crippen LogP contribution in [0.25, 0.3) is 21.8 Å². The maximum Gasteiger partial charge on any atom is 0.185 e. The highest BCUT2D eigenvalue weighted by molar-refractivity contribution is 6.42. The van der Waals surface area contributed by atoms with E-state index >= 15 is 0 Å². The summed E-state index contributed by atoms with van der Waals surface area (Å²) in [6.45, 7) is 0.218. The molecule has 0 saturated carbocycles. The molecule has 148 valence electrons. The molecule has 29 heavy (non-hydrogen) atoms. The van der Waals surface area contributed by atoms with Crippen molar-refractivity contribution in [2.24, 2.45) is 5.73 Å². The summed E-state index contributed by atoms with van der Waals surface area (Å²) < 4.78 is 15.0. The van der Waals surface area contributed by atoms with Crippen molar-refractivity contribution in [2.45, 2.75) is 6.42 Å². The molecule has 0 unspecified atom stereocenters. The minimum atomic E-state index is -0.297. The Morgan fingerprint density at radius 3 is 2.72 bits per heavy atom. The topological polar surface area (TPSA) is 89.7 Å². The highest BCUT2D eigenvalue weighted by Crippen LogP contribution is 2.35. The Hall–Kier alpha value is -2.60. The quantitative estimate of drug-likeness (QED) is 0.190. The molecule has 0 aliphatic carbocycles. The normalized spacial score (nSPS) is 12.0. The summed E-state index contributed by atoms with van der Waals surface area (Å²) in [7, 11) is 0. The van der Waals surface area contributed by atoms with Gasteiger partial charge in [-0.05, 0) is 48.9 Å². The van der Waals surface area contributed by atoms with Crippen LogP contribution in [-0.2, 0) is 6.42 Å². The molecule has 0 bridgehead atoms. The van der Waals surface area contributed by atoms with Crippen molar-refractivity contribution in [3.63, 3.8) is 0 Å². The molecule has 0 radical (unpaired) electrons. The molecule has 0 atom stereocenters. The fourth-order valence-electron chi connectivity index (χ4n) is 3.38. The number of benzene rings is 3. The van der Waals surface area contributed by atoms with Crippen LogP contribution in [0.4, 0.5) is 11.4 Å². The van der Waals surface area contributed by atoms with E-state index in [4.69, 9.17) is 43.0 Å². The van der Waals surface area contributed by atoms with E-state index in [1.165, 1.54) is 0 Å². The van der Waals surface area contributed by atoms with E-state index in [9.17, 15) is 0 Å². The summed E-state index contributed by atoms with van der Waals surface area (Å²) in [4.78, 5) is 3.46. The predicted octanol–water partition coefficient (Wildman–Crippen LogP) is 6.05. The number of anilines is 2. The molecular formula is C21H18Cl3N5. The molecule has 0 saturated heterocycles. The second kappa shape index (κ2) is 8.03. The van der Waals surface area contributed by atoms with Crippen molar-refractivity contribution < 1.29 is 2.82 Å². The molecule has 0 fully saturated rings. The third-order valence-electron chi connectivity index (χ3n) is 4.67. The van der Waals surface area contributed by atoms with Crippen molar-refractivity contribution >= 4 is 73.9 Å². The van der Waals surface area contributed by atoms with Gasteiger partial charge in [-0.25, -0.2) is 0 Å². The Labute approximate surface area is 185 Å². The lowest BCUT2D eigenvalue weighted by molar-refractivity contribution is 0.858. The number of halogens is 3. The van der Waals surface area contributed by atoms with Gasteiger partial charge in [-0.15, -0.1) is 0 Å². The zero-order chi connectivity index (χ0) is 22.1. The fourth-order valence-corrected chi connectivity index (χ4v) is 3.85. The molecule has 3 aromatic carbocycles. The van der Waals surface area contributed by atoms with Crippen LogP contribution in [0, 0.1) is 5.41 Å². The van der Waals surface area contributed by atoms with E-state index in [-0.39, 0.29) is 12.5 Å². The first kappa shape index (κ1) is 17.3. The first-order valence-electron chi connectivity index (χ1n) is 9.79. The highest BCUT2D eigenvalue weighted by atomic mass is 35.5. The van der Waals surface area contributed by atoms with Crippen LogP contribution < -0.4 is 16.4 Å². The van der Waals surface area contributed by atoms with Gasteiger partial charge in [-0.2, -0.15) is 0 Å². The second-order valence-corrected chi connectivity index (χ2v) is 7.81. The van der Waals surface area contributed by atoms with Gasteiger partial charge < -0.3 is 21.3 Å². The van der Waals surface area contributed by atoms with Gasteiger partial charge in [0.25, 0.3) is 0 Å². The van der Waals surface area contributed by atoms with Gasteiger partial charge in [-0.1, -0.05) is 40.9 Å². The zero-order valence-electron chi connectivity index (χ0n) is 17.1. The van der Waals surface area contributed by atoms with Crippen LogP contribution in [0.2, 0.25) is 17.9 Å². The van der Waals surface area contributed by atoms with E-state index in [0.29, 0.717) is 21.5 Å². The van der Waals surface area contributed by atoms with Crippen molar-refractivity contribution in [2.75, 3.05) is 11.9 Å². The zero-order valence-corrected chi connectivity index (χ0v) is 17.4. The monoisotopic (exact) mass is 447 g/mol. The second-order valence-electron chi connectivity index (χ2n) is 6.56. The van der Waals surface area contributed by atoms with Crippen molar-refractivity contribution in [1.29, 1.82) is 5.41 Å². The van der Waals surface area contributed by atoms with Gasteiger partial charge >= 0.3 is 0 Å². The number of aromatic amines is 1. The molecule has 6 N–H and O–H groups in total. The molecular weight excluding hydrogens is 429 g/mol. The third-order valence-corrected chi connectivity index (χ3v) is 5.65. The standard InChI is InChI=1S/C21H18Cl3N5/c22-11-1-5-19-15(9-11)13-3-6-18(28-12-2-4-16(23)17(24)10-12)14(20(13)29-19)7-8-27-21(25)26/h1-6,9-10,28-29H,7-8H2,(H4,25,26,27)/i/hD2. The van der Waals surface area contributed by atoms with Crippen LogP contribution in [-0.4, -0.2) is 17.5 Å². The third kappa shape index (κ3) is 4.08. The average molecular weight is 449 g/mol. The maximum atomic E-state index is 7.96. The summed E-state index contributed by atoms with van der Waals surface area (Å²) in [5.41, 5.74) is 6.36. The number of guanidine groups is 1. The predicted molar refractivity (Wildman–Crippen MR) is 124 cm³/mol. The van der Waals surface area contributed by atoms with Gasteiger partial charge in [-0.3, -0.25) is 5.41 Å². The number of rotatable bonds is 5. The van der Waals surface area contributed by atoms with Gasteiger partial charge in [0.15, 0.2) is 8.78 Å². The molecule has 0 amide bonds. The molecule has 0 spiro atoms. The van der Waals surface area contributed by atoms with Crippen LogP contribution in [0.15, 0.2) is 48.5 Å². The number of hydrogen-bond acceptors (Lipinski definition) is 2. The molecule has 1 aromatic heterocycles. The lowest BCUT2D eigenvalue weighted by Gasteiger charge is -2.14. The van der Waals surface area contributed by atoms with E-state index < -0.39 is 0 Å². The van der Waals surface area contributed by atoms with E-state index in [2.05, 4.69) is 10.3 Å². The van der Waals surface area contributed by atoms with Gasteiger partial charge in [0.1, 0.15) is 0 Å². The van der Waals surface area contributed by atoms with E-state index in [1.807, 2.05) is 42.1 Å². The van der Waals surface area contributed by atoms with Crippen LogP contribution in [0.5, 0.6) is 0 Å². The Morgan fingerprint density at radius 2 is 1.93 bits per heavy atom. The average Bonchev–Trinajstić information content (AvgIpc) is 3.12. The summed E-state index contributed by atoms with van der Waals surface area (Å²) in [6, 6.07) is 15.0. The van der Waals surface area contributed by atoms with E-state index in [0.717, 1.165) is 44.1 Å². The Bertz CT molecular complexity index is 1290. The van der Waals surface area contributed by atoms with Gasteiger partial charge in [0, 0.05) is 44.8 Å². The SMILES string of the molecule is [2H]NC(=N)N([2H])CCc1c(Nc2ccc(Cl)c(Cl)c2)ccc2c1[nH]c1ccc(Cl)cc12. The molecule has 5 nitrogen and oxygen atoms in total. The first-order valence-corrected chi connectivity index (χ1v) is 9.98. The number of nitrogens with one attached hydrogen (secondary N) is 4. The van der Waals surface area contributed by atoms with Crippen molar-refractivity contribution in [3.05, 3.63) is 69.2 Å². The minimum absolute atomic E-state index is 0.218. The van der Waals surface area contributed by atoms with Crippen molar-refractivity contribution in [3.8, 4) is 0 Å². The molecule has 0 aliphatic rings. The fraction of sp³-hybridized carbons (Fsp3) is 0.0952. The Kier molecular flexibility index (Phi) is 4.78. The Morgan fingerprint density at radius 1 is 1.07 bits per heavy atom. The minimum Gasteiger partial charge on any atom is -0.370 e. The molecule has 0 aliphatic heterocycles. The van der Waals surface area contributed by atoms with E-state index in [1.54, 1.807) is 12.1 Å².